The van der Waals surface area contributed by atoms with E-state index in [0.717, 1.165) is 66.5 Å². The van der Waals surface area contributed by atoms with E-state index in [1.54, 1.807) is 18.3 Å². The Morgan fingerprint density at radius 2 is 1.91 bits per heavy atom. The molecular formula is C26H28ClN3O3. The van der Waals surface area contributed by atoms with Crippen molar-refractivity contribution in [3.8, 4) is 22.6 Å². The number of ketones is 1. The second-order valence-electron chi connectivity index (χ2n) is 9.15. The molecule has 6 nitrogen and oxygen atoms in total. The van der Waals surface area contributed by atoms with Gasteiger partial charge in [-0.05, 0) is 81.2 Å². The molecule has 0 amide bonds. The van der Waals surface area contributed by atoms with Gasteiger partial charge in [0.25, 0.3) is 0 Å². The number of carbonyl (C=O) groups excluding carboxylic acids is 1. The van der Waals surface area contributed by atoms with E-state index < -0.39 is 0 Å². The summed E-state index contributed by atoms with van der Waals surface area (Å²) in [5, 5.41) is 15.0. The van der Waals surface area contributed by atoms with Gasteiger partial charge < -0.3 is 20.1 Å². The number of rotatable bonds is 6. The van der Waals surface area contributed by atoms with Crippen LogP contribution in [0.5, 0.6) is 11.5 Å². The Hall–Kier alpha value is -2.83. The summed E-state index contributed by atoms with van der Waals surface area (Å²) in [5.74, 6) is 0.538. The predicted octanol–water partition coefficient (Wildman–Crippen LogP) is 5.37. The van der Waals surface area contributed by atoms with Gasteiger partial charge in [0.05, 0.1) is 28.9 Å². The van der Waals surface area contributed by atoms with Crippen LogP contribution in [0.3, 0.4) is 0 Å². The summed E-state index contributed by atoms with van der Waals surface area (Å²) >= 11 is 6.24. The average molecular weight is 466 g/mol. The number of phenols is 1. The van der Waals surface area contributed by atoms with Gasteiger partial charge in [-0.15, -0.1) is 0 Å². The lowest BCUT2D eigenvalue weighted by Gasteiger charge is -2.31. The molecule has 1 aromatic heterocycles. The molecule has 2 aromatic carbocycles. The van der Waals surface area contributed by atoms with Crippen LogP contribution in [-0.2, 0) is 0 Å². The highest BCUT2D eigenvalue weighted by molar-refractivity contribution is 6.32. The molecule has 1 saturated heterocycles. The van der Waals surface area contributed by atoms with Gasteiger partial charge in [0.1, 0.15) is 0 Å². The Kier molecular flexibility index (Phi) is 5.89. The van der Waals surface area contributed by atoms with Crippen molar-refractivity contribution in [2.45, 2.75) is 31.7 Å². The number of nitrogens with one attached hydrogen (secondary N) is 1. The monoisotopic (exact) mass is 465 g/mol. The summed E-state index contributed by atoms with van der Waals surface area (Å²) in [6, 6.07) is 9.77. The summed E-state index contributed by atoms with van der Waals surface area (Å²) in [7, 11) is 3.64. The third-order valence-electron chi connectivity index (χ3n) is 6.73. The lowest BCUT2D eigenvalue weighted by Crippen LogP contribution is -2.37. The number of benzene rings is 2. The lowest BCUT2D eigenvalue weighted by atomic mass is 9.97. The van der Waals surface area contributed by atoms with E-state index in [1.165, 1.54) is 7.11 Å². The van der Waals surface area contributed by atoms with Crippen LogP contribution >= 0.6 is 11.6 Å². The number of likely N-dealkylation sites (tertiary alicyclic amines) is 1. The minimum atomic E-state index is -0.0766. The predicted molar refractivity (Wildman–Crippen MR) is 132 cm³/mol. The van der Waals surface area contributed by atoms with Crippen molar-refractivity contribution in [1.29, 1.82) is 0 Å². The highest BCUT2D eigenvalue weighted by Crippen LogP contribution is 2.41. The van der Waals surface area contributed by atoms with Gasteiger partial charge in [-0.25, -0.2) is 0 Å². The van der Waals surface area contributed by atoms with Crippen molar-refractivity contribution in [1.82, 2.24) is 9.88 Å². The van der Waals surface area contributed by atoms with Crippen molar-refractivity contribution in [2.24, 2.45) is 5.92 Å². The third-order valence-corrected chi connectivity index (χ3v) is 7.02. The van der Waals surface area contributed by atoms with Crippen LogP contribution in [0.4, 0.5) is 5.69 Å². The summed E-state index contributed by atoms with van der Waals surface area (Å²) in [4.78, 5) is 20.1. The van der Waals surface area contributed by atoms with Gasteiger partial charge in [0, 0.05) is 23.5 Å². The van der Waals surface area contributed by atoms with Crippen molar-refractivity contribution in [3.63, 3.8) is 0 Å². The minimum Gasteiger partial charge on any atom is -0.503 e. The number of hydrogen-bond acceptors (Lipinski definition) is 6. The van der Waals surface area contributed by atoms with Gasteiger partial charge in [-0.3, -0.25) is 9.78 Å². The maximum atomic E-state index is 13.1. The number of piperidine rings is 1. The van der Waals surface area contributed by atoms with E-state index in [4.69, 9.17) is 16.3 Å². The Morgan fingerprint density at radius 3 is 2.61 bits per heavy atom. The fraction of sp³-hybridized carbons (Fsp3) is 0.385. The minimum absolute atomic E-state index is 0.0766. The number of ether oxygens (including phenoxy) is 1. The first-order valence-electron chi connectivity index (χ1n) is 11.4. The van der Waals surface area contributed by atoms with Crippen molar-refractivity contribution >= 4 is 34.0 Å². The maximum absolute atomic E-state index is 13.1. The van der Waals surface area contributed by atoms with E-state index in [0.29, 0.717) is 17.4 Å². The van der Waals surface area contributed by atoms with Gasteiger partial charge in [0.2, 0.25) is 0 Å². The molecule has 1 aliphatic heterocycles. The number of pyridine rings is 1. The van der Waals surface area contributed by atoms with Crippen LogP contribution in [0.1, 0.15) is 36.0 Å². The largest absolute Gasteiger partial charge is 0.503 e. The quantitative estimate of drug-likeness (QED) is 0.477. The van der Waals surface area contributed by atoms with Crippen LogP contribution in [0.15, 0.2) is 36.5 Å². The molecule has 2 aliphatic rings. The molecule has 0 bridgehead atoms. The molecule has 1 saturated carbocycles. The smallest absolute Gasteiger partial charge is 0.176 e. The number of Topliss-reactive ketones (excluding diaryl/α,β-unsaturated/α-hetero) is 1. The molecule has 0 radical (unpaired) electrons. The van der Waals surface area contributed by atoms with Gasteiger partial charge >= 0.3 is 0 Å². The number of hydrogen-bond donors (Lipinski definition) is 2. The van der Waals surface area contributed by atoms with E-state index >= 15 is 0 Å². The van der Waals surface area contributed by atoms with Crippen molar-refractivity contribution in [3.05, 3.63) is 47.1 Å². The van der Waals surface area contributed by atoms with Crippen LogP contribution in [0.25, 0.3) is 22.0 Å². The van der Waals surface area contributed by atoms with E-state index in [9.17, 15) is 9.90 Å². The Bertz CT molecular complexity index is 1220. The average Bonchev–Trinajstić information content (AvgIpc) is 3.67. The zero-order valence-corrected chi connectivity index (χ0v) is 19.7. The van der Waals surface area contributed by atoms with Crippen molar-refractivity contribution < 1.29 is 14.6 Å². The summed E-state index contributed by atoms with van der Waals surface area (Å²) in [6.07, 6.45) is 5.71. The zero-order chi connectivity index (χ0) is 23.1. The highest BCUT2D eigenvalue weighted by atomic mass is 35.5. The molecule has 2 fully saturated rings. The third kappa shape index (κ3) is 4.37. The Balaban J connectivity index is 1.62. The fourth-order valence-electron chi connectivity index (χ4n) is 4.53. The molecule has 2 N–H and O–H groups in total. The standard InChI is InChI=1S/C26H28ClN3O3/c1-30-9-7-18(8-10-30)29-24-19-11-16(17-12-21(27)26(32)23(13-17)33-2)5-6-22(19)28-14-20(24)25(31)15-3-4-15/h5-6,11-15,18,32H,3-4,7-10H2,1-2H3,(H,28,29). The fourth-order valence-corrected chi connectivity index (χ4v) is 4.74. The van der Waals surface area contributed by atoms with Crippen LogP contribution in [0, 0.1) is 5.92 Å². The molecule has 2 heterocycles. The molecule has 172 valence electrons. The SMILES string of the molecule is COc1cc(-c2ccc3ncc(C(=O)C4CC4)c(NC4CCN(C)CC4)c3c2)cc(Cl)c1O. The molecule has 5 rings (SSSR count). The number of aromatic nitrogens is 1. The molecule has 3 aromatic rings. The first-order chi connectivity index (χ1) is 15.9. The van der Waals surface area contributed by atoms with E-state index in [-0.39, 0.29) is 22.5 Å². The highest BCUT2D eigenvalue weighted by Gasteiger charge is 2.33. The zero-order valence-electron chi connectivity index (χ0n) is 18.9. The van der Waals surface area contributed by atoms with Crippen LogP contribution < -0.4 is 10.1 Å². The van der Waals surface area contributed by atoms with Gasteiger partial charge in [-0.1, -0.05) is 17.7 Å². The lowest BCUT2D eigenvalue weighted by molar-refractivity contribution is 0.0968. The topological polar surface area (TPSA) is 74.7 Å². The number of halogens is 1. The number of carbonyl (C=O) groups is 1. The Labute approximate surface area is 198 Å². The number of fused-ring (bicyclic) bond motifs is 1. The van der Waals surface area contributed by atoms with Gasteiger partial charge in [-0.2, -0.15) is 0 Å². The number of nitrogens with zero attached hydrogens (tertiary/aromatic N) is 2. The van der Waals surface area contributed by atoms with Crippen LogP contribution in [0.2, 0.25) is 5.02 Å². The van der Waals surface area contributed by atoms with Gasteiger partial charge in [0.15, 0.2) is 17.3 Å². The van der Waals surface area contributed by atoms with E-state index in [2.05, 4.69) is 22.2 Å². The molecule has 1 aliphatic carbocycles. The molecule has 0 spiro atoms. The van der Waals surface area contributed by atoms with Crippen molar-refractivity contribution in [2.75, 3.05) is 32.6 Å². The first-order valence-corrected chi connectivity index (χ1v) is 11.8. The first kappa shape index (κ1) is 22.0. The Morgan fingerprint density at radius 1 is 1.15 bits per heavy atom. The summed E-state index contributed by atoms with van der Waals surface area (Å²) in [5.41, 5.74) is 4.12. The molecule has 0 atom stereocenters. The molecular weight excluding hydrogens is 438 g/mol. The number of anilines is 1. The number of aromatic hydroxyl groups is 1. The second-order valence-corrected chi connectivity index (χ2v) is 9.56. The molecule has 0 unspecified atom stereocenters. The summed E-state index contributed by atoms with van der Waals surface area (Å²) < 4.78 is 5.28. The number of phenolic OH excluding ortho intramolecular Hbond substituents is 1. The van der Waals surface area contributed by atoms with E-state index in [1.807, 2.05) is 18.2 Å². The molecule has 7 heteroatoms. The maximum Gasteiger partial charge on any atom is 0.176 e. The normalized spacial score (nSPS) is 17.3. The number of methoxy groups -OCH3 is 1. The van der Waals surface area contributed by atoms with Crippen LogP contribution in [-0.4, -0.2) is 54.1 Å². The molecule has 33 heavy (non-hydrogen) atoms. The summed E-state index contributed by atoms with van der Waals surface area (Å²) in [6.45, 7) is 2.06. The second kappa shape index (κ2) is 8.84.